The van der Waals surface area contributed by atoms with Crippen LogP contribution in [0, 0.1) is 23.6 Å². The van der Waals surface area contributed by atoms with Crippen LogP contribution in [0.2, 0.25) is 0 Å². The van der Waals surface area contributed by atoms with Crippen LogP contribution in [0.3, 0.4) is 0 Å². The largest absolute Gasteiger partial charge is 0.206 e. The van der Waals surface area contributed by atoms with E-state index in [0.717, 1.165) is 59.8 Å². The lowest BCUT2D eigenvalue weighted by molar-refractivity contribution is 0.245. The molecule has 0 radical (unpaired) electrons. The third-order valence-electron chi connectivity index (χ3n) is 8.71. The summed E-state index contributed by atoms with van der Waals surface area (Å²) in [6, 6.07) is 10.5. The van der Waals surface area contributed by atoms with E-state index < -0.39 is 0 Å². The lowest BCUT2D eigenvalue weighted by Gasteiger charge is -2.32. The molecule has 0 bridgehead atoms. The molecule has 34 heavy (non-hydrogen) atoms. The third kappa shape index (κ3) is 6.61. The molecule has 1 heteroatoms. The summed E-state index contributed by atoms with van der Waals surface area (Å²) in [6.07, 6.45) is 24.6. The van der Waals surface area contributed by atoms with Crippen LogP contribution in [0.15, 0.2) is 55.1 Å². The maximum Gasteiger partial charge on any atom is 0.134 e. The highest BCUT2D eigenvalue weighted by Crippen LogP contribution is 2.41. The zero-order valence-corrected chi connectivity index (χ0v) is 21.4. The first-order chi connectivity index (χ1) is 16.7. The Labute approximate surface area is 207 Å². The van der Waals surface area contributed by atoms with Crippen LogP contribution in [-0.4, -0.2) is 0 Å². The number of aryl methyl sites for hydroxylation is 1. The summed E-state index contributed by atoms with van der Waals surface area (Å²) in [5.41, 5.74) is 2.22. The van der Waals surface area contributed by atoms with Gasteiger partial charge in [0.05, 0.1) is 0 Å². The van der Waals surface area contributed by atoms with Crippen molar-refractivity contribution in [2.45, 2.75) is 103 Å². The number of hydrogen-bond donors (Lipinski definition) is 0. The predicted molar refractivity (Wildman–Crippen MR) is 146 cm³/mol. The van der Waals surface area contributed by atoms with Crippen LogP contribution in [0.4, 0.5) is 4.39 Å². The number of rotatable bonds is 10. The van der Waals surface area contributed by atoms with E-state index in [1.165, 1.54) is 69.8 Å². The molecule has 0 amide bonds. The maximum absolute atomic E-state index is 15.4. The highest BCUT2D eigenvalue weighted by molar-refractivity contribution is 5.84. The average Bonchev–Trinajstić information content (AvgIpc) is 2.88. The summed E-state index contributed by atoms with van der Waals surface area (Å²) in [7, 11) is 0. The summed E-state index contributed by atoms with van der Waals surface area (Å²) >= 11 is 0. The van der Waals surface area contributed by atoms with Crippen molar-refractivity contribution in [3.05, 3.63) is 72.1 Å². The Morgan fingerprint density at radius 1 is 0.882 bits per heavy atom. The second kappa shape index (κ2) is 12.7. The molecule has 0 N–H and O–H groups in total. The average molecular weight is 461 g/mol. The molecule has 0 heterocycles. The van der Waals surface area contributed by atoms with Gasteiger partial charge >= 0.3 is 0 Å². The van der Waals surface area contributed by atoms with Crippen molar-refractivity contribution in [3.8, 4) is 0 Å². The zero-order valence-electron chi connectivity index (χ0n) is 21.4. The van der Waals surface area contributed by atoms with Gasteiger partial charge in [-0.05, 0) is 111 Å². The van der Waals surface area contributed by atoms with Crippen molar-refractivity contribution in [3.63, 3.8) is 0 Å². The van der Waals surface area contributed by atoms with Gasteiger partial charge in [-0.2, -0.15) is 0 Å². The highest BCUT2D eigenvalue weighted by Gasteiger charge is 2.26. The minimum absolute atomic E-state index is 0.0287. The summed E-state index contributed by atoms with van der Waals surface area (Å²) < 4.78 is 15.4. The molecule has 2 fully saturated rings. The molecule has 0 nitrogen and oxygen atoms in total. The van der Waals surface area contributed by atoms with Crippen molar-refractivity contribution >= 4 is 10.8 Å². The highest BCUT2D eigenvalue weighted by atomic mass is 19.1. The number of unbranched alkanes of at least 4 members (excludes halogenated alkanes) is 1. The summed E-state index contributed by atoms with van der Waals surface area (Å²) in [6.45, 7) is 6.07. The Kier molecular flexibility index (Phi) is 9.42. The van der Waals surface area contributed by atoms with Gasteiger partial charge in [0.15, 0.2) is 0 Å². The molecule has 2 aliphatic carbocycles. The van der Waals surface area contributed by atoms with Crippen LogP contribution >= 0.6 is 0 Å². The number of fused-ring (bicyclic) bond motifs is 1. The summed E-state index contributed by atoms with van der Waals surface area (Å²) in [5.74, 6) is 3.07. The lowest BCUT2D eigenvalue weighted by atomic mass is 9.74. The smallest absolute Gasteiger partial charge is 0.134 e. The minimum atomic E-state index is 0.0287. The molecule has 0 unspecified atom stereocenters. The van der Waals surface area contributed by atoms with Crippen molar-refractivity contribution in [2.75, 3.05) is 0 Å². The van der Waals surface area contributed by atoms with Crippen LogP contribution < -0.4 is 0 Å². The first kappa shape index (κ1) is 25.2. The Balaban J connectivity index is 1.24. The van der Waals surface area contributed by atoms with Gasteiger partial charge in [0.25, 0.3) is 0 Å². The molecule has 0 spiro atoms. The van der Waals surface area contributed by atoms with E-state index in [0.29, 0.717) is 5.92 Å². The summed E-state index contributed by atoms with van der Waals surface area (Å²) in [5, 5.41) is 1.83. The second-order valence-electron chi connectivity index (χ2n) is 11.1. The van der Waals surface area contributed by atoms with Crippen molar-refractivity contribution in [1.82, 2.24) is 0 Å². The van der Waals surface area contributed by atoms with E-state index >= 15 is 4.39 Å². The van der Waals surface area contributed by atoms with E-state index in [2.05, 4.69) is 49.9 Å². The molecule has 4 rings (SSSR count). The number of allylic oxidation sites excluding steroid dienone is 3. The van der Waals surface area contributed by atoms with Crippen LogP contribution in [0.25, 0.3) is 10.8 Å². The van der Waals surface area contributed by atoms with E-state index in [-0.39, 0.29) is 5.82 Å². The monoisotopic (exact) mass is 460 g/mol. The molecule has 2 aromatic carbocycles. The Bertz CT molecular complexity index is 938. The quantitative estimate of drug-likeness (QED) is 0.309. The van der Waals surface area contributed by atoms with Gasteiger partial charge in [-0.3, -0.25) is 0 Å². The number of hydrogen-bond acceptors (Lipinski definition) is 0. The normalized spacial score (nSPS) is 25.7. The molecule has 0 atom stereocenters. The lowest BCUT2D eigenvalue weighted by Crippen LogP contribution is -2.17. The van der Waals surface area contributed by atoms with E-state index in [1.807, 2.05) is 12.1 Å². The number of benzene rings is 2. The number of halogens is 1. The topological polar surface area (TPSA) is 0 Å². The molecule has 0 saturated heterocycles. The Morgan fingerprint density at radius 2 is 1.59 bits per heavy atom. The molecule has 0 aliphatic heterocycles. The fourth-order valence-electron chi connectivity index (χ4n) is 6.46. The van der Waals surface area contributed by atoms with Gasteiger partial charge in [0.1, 0.15) is 5.82 Å². The first-order valence-corrected chi connectivity index (χ1v) is 14.2. The van der Waals surface area contributed by atoms with Crippen molar-refractivity contribution < 1.29 is 4.39 Å². The van der Waals surface area contributed by atoms with Gasteiger partial charge in [-0.1, -0.05) is 74.7 Å². The van der Waals surface area contributed by atoms with E-state index in [9.17, 15) is 0 Å². The van der Waals surface area contributed by atoms with E-state index in [1.54, 1.807) is 0 Å². The fraction of sp³-hybridized carbons (Fsp3) is 0.576. The van der Waals surface area contributed by atoms with Crippen molar-refractivity contribution in [1.29, 1.82) is 0 Å². The maximum atomic E-state index is 15.4. The fourth-order valence-corrected chi connectivity index (χ4v) is 6.46. The third-order valence-corrected chi connectivity index (χ3v) is 8.71. The van der Waals surface area contributed by atoms with Gasteiger partial charge in [0.2, 0.25) is 0 Å². The minimum Gasteiger partial charge on any atom is -0.206 e. The first-order valence-electron chi connectivity index (χ1n) is 14.2. The molecular weight excluding hydrogens is 415 g/mol. The van der Waals surface area contributed by atoms with Gasteiger partial charge in [0, 0.05) is 5.39 Å². The van der Waals surface area contributed by atoms with E-state index in [4.69, 9.17) is 0 Å². The second-order valence-corrected chi connectivity index (χ2v) is 11.1. The molecular formula is C33H45F. The Morgan fingerprint density at radius 3 is 2.26 bits per heavy atom. The molecule has 0 aromatic heterocycles. The van der Waals surface area contributed by atoms with Crippen LogP contribution in [-0.2, 0) is 6.42 Å². The molecule has 2 saturated carbocycles. The Hall–Kier alpha value is -1.89. The standard InChI is InChI=1S/C33H45F/c1-3-5-7-9-25-10-12-26(13-11-25)14-15-27-16-19-29(20-17-27)31-23-21-30-24-28(8-6-4-2)18-22-32(30)33(31)34/h4,7,9,18,21-27,29H,2-3,5-6,8,10-17,19-20H2,1H3/b9-7+. The molecule has 2 aliphatic rings. The SMILES string of the molecule is C=CCCc1ccc2c(F)c(C3CCC(CCC4CCC(/C=C/CCC)CC4)CC3)ccc2c1. The van der Waals surface area contributed by atoms with Crippen LogP contribution in [0.1, 0.15) is 107 Å². The van der Waals surface area contributed by atoms with Crippen molar-refractivity contribution in [2.24, 2.45) is 17.8 Å². The van der Waals surface area contributed by atoms with Crippen LogP contribution in [0.5, 0.6) is 0 Å². The van der Waals surface area contributed by atoms with Gasteiger partial charge in [-0.15, -0.1) is 6.58 Å². The van der Waals surface area contributed by atoms with Gasteiger partial charge in [-0.25, -0.2) is 4.39 Å². The summed E-state index contributed by atoms with van der Waals surface area (Å²) in [4.78, 5) is 0. The zero-order chi connectivity index (χ0) is 23.8. The molecule has 2 aromatic rings. The predicted octanol–water partition coefficient (Wildman–Crippen LogP) is 10.3. The molecule has 184 valence electrons. The van der Waals surface area contributed by atoms with Gasteiger partial charge < -0.3 is 0 Å².